The first-order valence-corrected chi connectivity index (χ1v) is 5.64. The van der Waals surface area contributed by atoms with E-state index in [1.807, 2.05) is 0 Å². The SMILES string of the molecule is O=C(O)C1=C(S(=O)(=O)Cl)CCC1. The lowest BCUT2D eigenvalue weighted by atomic mass is 10.2. The second-order valence-electron chi connectivity index (χ2n) is 2.50. The molecule has 1 rings (SSSR count). The second kappa shape index (κ2) is 3.06. The Morgan fingerprint density at radius 3 is 2.33 bits per heavy atom. The smallest absolute Gasteiger partial charge is 0.332 e. The first-order valence-electron chi connectivity index (χ1n) is 3.33. The summed E-state index contributed by atoms with van der Waals surface area (Å²) in [6.07, 6.45) is 1.08. The van der Waals surface area contributed by atoms with E-state index in [9.17, 15) is 13.2 Å². The summed E-state index contributed by atoms with van der Waals surface area (Å²) >= 11 is 0. The quantitative estimate of drug-likeness (QED) is 0.693. The van der Waals surface area contributed by atoms with Gasteiger partial charge in [0, 0.05) is 10.7 Å². The van der Waals surface area contributed by atoms with Gasteiger partial charge in [-0.25, -0.2) is 13.2 Å². The summed E-state index contributed by atoms with van der Waals surface area (Å²) in [6.45, 7) is 0. The third-order valence-corrected chi connectivity index (χ3v) is 3.32. The summed E-state index contributed by atoms with van der Waals surface area (Å²) in [4.78, 5) is 10.3. The minimum absolute atomic E-state index is 0.0648. The van der Waals surface area contributed by atoms with E-state index in [1.54, 1.807) is 0 Å². The Bertz CT molecular complexity index is 341. The zero-order valence-corrected chi connectivity index (χ0v) is 7.65. The zero-order chi connectivity index (χ0) is 9.35. The van der Waals surface area contributed by atoms with Crippen LogP contribution in [0, 0.1) is 0 Å². The van der Waals surface area contributed by atoms with Crippen molar-refractivity contribution in [2.24, 2.45) is 0 Å². The van der Waals surface area contributed by atoms with Gasteiger partial charge in [0.2, 0.25) is 0 Å². The Labute approximate surface area is 74.3 Å². The summed E-state index contributed by atoms with van der Waals surface area (Å²) in [5.41, 5.74) is -0.0648. The molecule has 1 aliphatic carbocycles. The van der Waals surface area contributed by atoms with Gasteiger partial charge in [-0.3, -0.25) is 0 Å². The molecule has 12 heavy (non-hydrogen) atoms. The molecule has 0 aromatic rings. The first kappa shape index (κ1) is 9.54. The van der Waals surface area contributed by atoms with Gasteiger partial charge in [0.1, 0.15) is 0 Å². The number of carboxylic acids is 1. The van der Waals surface area contributed by atoms with Gasteiger partial charge in [-0.05, 0) is 19.3 Å². The van der Waals surface area contributed by atoms with Crippen molar-refractivity contribution in [2.75, 3.05) is 0 Å². The van der Waals surface area contributed by atoms with Crippen molar-refractivity contribution in [1.29, 1.82) is 0 Å². The summed E-state index contributed by atoms with van der Waals surface area (Å²) in [6, 6.07) is 0. The van der Waals surface area contributed by atoms with Gasteiger partial charge < -0.3 is 5.11 Å². The molecule has 0 aromatic carbocycles. The van der Waals surface area contributed by atoms with E-state index in [2.05, 4.69) is 0 Å². The lowest BCUT2D eigenvalue weighted by Crippen LogP contribution is -2.03. The molecule has 0 heterocycles. The van der Waals surface area contributed by atoms with Gasteiger partial charge in [-0.2, -0.15) is 0 Å². The van der Waals surface area contributed by atoms with Crippen LogP contribution in [0.2, 0.25) is 0 Å². The van der Waals surface area contributed by atoms with Crippen LogP contribution in [0.15, 0.2) is 10.5 Å². The molecule has 0 atom stereocenters. The molecule has 0 saturated carbocycles. The highest BCUT2D eigenvalue weighted by Crippen LogP contribution is 2.31. The highest BCUT2D eigenvalue weighted by Gasteiger charge is 2.28. The van der Waals surface area contributed by atoms with Gasteiger partial charge in [0.05, 0.1) is 10.5 Å². The molecule has 0 radical (unpaired) electrons. The maximum atomic E-state index is 10.8. The summed E-state index contributed by atoms with van der Waals surface area (Å²) in [7, 11) is 1.20. The Hall–Kier alpha value is -0.550. The van der Waals surface area contributed by atoms with Crippen LogP contribution in [0.3, 0.4) is 0 Å². The minimum atomic E-state index is -3.83. The Morgan fingerprint density at radius 2 is 2.00 bits per heavy atom. The fourth-order valence-electron chi connectivity index (χ4n) is 1.21. The topological polar surface area (TPSA) is 71.4 Å². The molecule has 68 valence electrons. The van der Waals surface area contributed by atoms with Gasteiger partial charge >= 0.3 is 5.97 Å². The monoisotopic (exact) mass is 210 g/mol. The van der Waals surface area contributed by atoms with Crippen molar-refractivity contribution in [1.82, 2.24) is 0 Å². The Morgan fingerprint density at radius 1 is 1.42 bits per heavy atom. The van der Waals surface area contributed by atoms with Crippen molar-refractivity contribution >= 4 is 25.7 Å². The second-order valence-corrected chi connectivity index (χ2v) is 5.09. The fraction of sp³-hybridized carbons (Fsp3) is 0.500. The normalized spacial score (nSPS) is 18.4. The molecule has 1 aliphatic rings. The molecule has 6 heteroatoms. The van der Waals surface area contributed by atoms with Crippen LogP contribution in [0.5, 0.6) is 0 Å². The molecule has 0 saturated heterocycles. The van der Waals surface area contributed by atoms with Crippen molar-refractivity contribution in [3.63, 3.8) is 0 Å². The van der Waals surface area contributed by atoms with Crippen LogP contribution in [0.25, 0.3) is 0 Å². The average Bonchev–Trinajstić information content (AvgIpc) is 2.30. The molecule has 0 fully saturated rings. The van der Waals surface area contributed by atoms with Crippen LogP contribution in [0.1, 0.15) is 19.3 Å². The highest BCUT2D eigenvalue weighted by molar-refractivity contribution is 8.16. The van der Waals surface area contributed by atoms with E-state index in [-0.39, 0.29) is 23.3 Å². The molecule has 4 nitrogen and oxygen atoms in total. The Kier molecular flexibility index (Phi) is 2.44. The minimum Gasteiger partial charge on any atom is -0.478 e. The third-order valence-electron chi connectivity index (χ3n) is 1.72. The molecule has 0 bridgehead atoms. The number of aliphatic carboxylic acids is 1. The number of halogens is 1. The predicted molar refractivity (Wildman–Crippen MR) is 43.3 cm³/mol. The van der Waals surface area contributed by atoms with E-state index >= 15 is 0 Å². The summed E-state index contributed by atoms with van der Waals surface area (Å²) < 4.78 is 21.6. The van der Waals surface area contributed by atoms with Crippen LogP contribution in [0.4, 0.5) is 0 Å². The number of allylic oxidation sites excluding steroid dienone is 1. The molecule has 0 spiro atoms. The maximum Gasteiger partial charge on any atom is 0.332 e. The fourth-order valence-corrected chi connectivity index (χ4v) is 2.59. The van der Waals surface area contributed by atoms with Crippen LogP contribution < -0.4 is 0 Å². The Balaban J connectivity index is 3.17. The molecule has 0 amide bonds. The van der Waals surface area contributed by atoms with E-state index < -0.39 is 15.0 Å². The summed E-state index contributed by atoms with van der Waals surface area (Å²) in [5, 5.41) is 8.57. The number of hydrogen-bond acceptors (Lipinski definition) is 3. The largest absolute Gasteiger partial charge is 0.478 e. The lowest BCUT2D eigenvalue weighted by molar-refractivity contribution is -0.132. The molecule has 0 unspecified atom stereocenters. The van der Waals surface area contributed by atoms with E-state index in [0.717, 1.165) is 0 Å². The molecule has 0 aliphatic heterocycles. The molecule has 0 aromatic heterocycles. The zero-order valence-electron chi connectivity index (χ0n) is 6.08. The predicted octanol–water partition coefficient (Wildman–Crippen LogP) is 1.08. The van der Waals surface area contributed by atoms with Crippen LogP contribution in [-0.2, 0) is 13.8 Å². The van der Waals surface area contributed by atoms with Crippen molar-refractivity contribution in [3.05, 3.63) is 10.5 Å². The molecular formula is C6H7ClO4S. The average molecular weight is 211 g/mol. The maximum absolute atomic E-state index is 10.8. The number of hydrogen-bond donors (Lipinski definition) is 1. The summed E-state index contributed by atoms with van der Waals surface area (Å²) in [5.74, 6) is -1.19. The standard InChI is InChI=1S/C6H7ClO4S/c7-12(10,11)5-3-1-2-4(5)6(8)9/h1-3H2,(H,8,9). The molecular weight excluding hydrogens is 204 g/mol. The van der Waals surface area contributed by atoms with Crippen molar-refractivity contribution in [2.45, 2.75) is 19.3 Å². The number of rotatable bonds is 2. The third kappa shape index (κ3) is 1.78. The van der Waals surface area contributed by atoms with Crippen molar-refractivity contribution in [3.8, 4) is 0 Å². The van der Waals surface area contributed by atoms with Gasteiger partial charge in [-0.1, -0.05) is 0 Å². The number of carbonyl (C=O) groups is 1. The molecule has 1 N–H and O–H groups in total. The van der Waals surface area contributed by atoms with Gasteiger partial charge in [0.15, 0.2) is 0 Å². The van der Waals surface area contributed by atoms with Gasteiger partial charge in [0.25, 0.3) is 9.05 Å². The first-order chi connectivity index (χ1) is 5.43. The van der Waals surface area contributed by atoms with Crippen LogP contribution in [-0.4, -0.2) is 19.5 Å². The van der Waals surface area contributed by atoms with E-state index in [4.69, 9.17) is 15.8 Å². The van der Waals surface area contributed by atoms with Gasteiger partial charge in [-0.15, -0.1) is 0 Å². The van der Waals surface area contributed by atoms with E-state index in [1.165, 1.54) is 0 Å². The lowest BCUT2D eigenvalue weighted by Gasteiger charge is -1.97. The number of carboxylic acid groups (broad SMARTS) is 1. The van der Waals surface area contributed by atoms with Crippen LogP contribution >= 0.6 is 10.7 Å². The van der Waals surface area contributed by atoms with E-state index in [0.29, 0.717) is 6.42 Å². The van der Waals surface area contributed by atoms with Crippen molar-refractivity contribution < 1.29 is 18.3 Å². The highest BCUT2D eigenvalue weighted by atomic mass is 35.7.